The lowest BCUT2D eigenvalue weighted by Gasteiger charge is -2.27. The summed E-state index contributed by atoms with van der Waals surface area (Å²) in [6.07, 6.45) is -0.815. The van der Waals surface area contributed by atoms with Crippen LogP contribution in [-0.2, 0) is 10.2 Å². The number of hydrogen-bond donors (Lipinski definition) is 1. The van der Waals surface area contributed by atoms with Gasteiger partial charge in [-0.3, -0.25) is 4.79 Å². The molecule has 2 atom stereocenters. The average molecular weight is 369 g/mol. The number of fused-ring (bicyclic) bond motifs is 1. The third kappa shape index (κ3) is 4.94. The van der Waals surface area contributed by atoms with Crippen molar-refractivity contribution >= 4 is 5.91 Å². The minimum atomic E-state index is -0.595. The molecular formula is C22H27NO4. The first-order chi connectivity index (χ1) is 12.8. The van der Waals surface area contributed by atoms with Crippen LogP contribution in [0.2, 0.25) is 0 Å². The quantitative estimate of drug-likeness (QED) is 0.873. The lowest BCUT2D eigenvalue weighted by atomic mass is 9.87. The fraction of sp³-hybridized carbons (Fsp3) is 0.409. The number of rotatable bonds is 5. The molecule has 1 heterocycles. The van der Waals surface area contributed by atoms with E-state index in [-0.39, 0.29) is 17.4 Å². The average Bonchev–Trinajstić information content (AvgIpc) is 2.65. The Kier molecular flexibility index (Phi) is 5.59. The van der Waals surface area contributed by atoms with Gasteiger partial charge in [-0.15, -0.1) is 0 Å². The summed E-state index contributed by atoms with van der Waals surface area (Å²) in [5.41, 5.74) is 1.31. The number of hydrogen-bond acceptors (Lipinski definition) is 4. The molecular weight excluding hydrogens is 342 g/mol. The van der Waals surface area contributed by atoms with Gasteiger partial charge in [-0.2, -0.15) is 0 Å². The summed E-state index contributed by atoms with van der Waals surface area (Å²) >= 11 is 0. The second-order valence-electron chi connectivity index (χ2n) is 7.78. The number of nitrogens with one attached hydrogen (secondary N) is 1. The molecule has 0 spiro atoms. The number of carbonyl (C=O) groups is 1. The Morgan fingerprint density at radius 1 is 1.15 bits per heavy atom. The zero-order valence-corrected chi connectivity index (χ0v) is 16.3. The van der Waals surface area contributed by atoms with Gasteiger partial charge in [0.05, 0.1) is 6.54 Å². The van der Waals surface area contributed by atoms with Crippen LogP contribution in [0.3, 0.4) is 0 Å². The molecule has 1 aliphatic heterocycles. The second-order valence-corrected chi connectivity index (χ2v) is 7.78. The number of amides is 1. The van der Waals surface area contributed by atoms with Crippen LogP contribution in [0.5, 0.6) is 17.2 Å². The summed E-state index contributed by atoms with van der Waals surface area (Å²) in [7, 11) is 0. The maximum atomic E-state index is 12.3. The molecule has 0 unspecified atom stereocenters. The van der Waals surface area contributed by atoms with E-state index in [0.717, 1.165) is 5.75 Å². The predicted octanol–water partition coefficient (Wildman–Crippen LogP) is 3.71. The van der Waals surface area contributed by atoms with E-state index >= 15 is 0 Å². The van der Waals surface area contributed by atoms with Gasteiger partial charge in [0.1, 0.15) is 18.5 Å². The SMILES string of the molecule is C[C@H](Oc1ccc(C(C)(C)C)cc1)C(=O)NC[C@H]1COc2ccccc2O1. The van der Waals surface area contributed by atoms with E-state index in [4.69, 9.17) is 14.2 Å². The largest absolute Gasteiger partial charge is 0.486 e. The highest BCUT2D eigenvalue weighted by Crippen LogP contribution is 2.30. The van der Waals surface area contributed by atoms with E-state index < -0.39 is 6.10 Å². The van der Waals surface area contributed by atoms with Crippen LogP contribution in [0, 0.1) is 0 Å². The first-order valence-corrected chi connectivity index (χ1v) is 9.26. The van der Waals surface area contributed by atoms with Crippen molar-refractivity contribution in [2.75, 3.05) is 13.2 Å². The van der Waals surface area contributed by atoms with Crippen molar-refractivity contribution in [3.05, 3.63) is 54.1 Å². The molecule has 27 heavy (non-hydrogen) atoms. The molecule has 0 fully saturated rings. The van der Waals surface area contributed by atoms with Crippen molar-refractivity contribution in [1.82, 2.24) is 5.32 Å². The Bertz CT molecular complexity index is 780. The Labute approximate surface area is 160 Å². The van der Waals surface area contributed by atoms with Gasteiger partial charge < -0.3 is 19.5 Å². The van der Waals surface area contributed by atoms with Crippen LogP contribution in [0.1, 0.15) is 33.3 Å². The van der Waals surface area contributed by atoms with E-state index in [9.17, 15) is 4.79 Å². The maximum absolute atomic E-state index is 12.3. The molecule has 0 radical (unpaired) electrons. The van der Waals surface area contributed by atoms with Gasteiger partial charge in [0.15, 0.2) is 17.6 Å². The maximum Gasteiger partial charge on any atom is 0.260 e. The van der Waals surface area contributed by atoms with Gasteiger partial charge in [-0.1, -0.05) is 45.0 Å². The lowest BCUT2D eigenvalue weighted by Crippen LogP contribution is -2.44. The molecule has 0 aromatic heterocycles. The first kappa shape index (κ1) is 19.1. The molecule has 0 aliphatic carbocycles. The van der Waals surface area contributed by atoms with Crippen molar-refractivity contribution in [3.63, 3.8) is 0 Å². The number of ether oxygens (including phenoxy) is 3. The highest BCUT2D eigenvalue weighted by atomic mass is 16.6. The lowest BCUT2D eigenvalue weighted by molar-refractivity contribution is -0.127. The van der Waals surface area contributed by atoms with Gasteiger partial charge in [-0.25, -0.2) is 0 Å². The van der Waals surface area contributed by atoms with Gasteiger partial charge in [-0.05, 0) is 42.2 Å². The van der Waals surface area contributed by atoms with Gasteiger partial charge in [0.25, 0.3) is 5.91 Å². The monoisotopic (exact) mass is 369 g/mol. The van der Waals surface area contributed by atoms with E-state index in [0.29, 0.717) is 24.7 Å². The predicted molar refractivity (Wildman–Crippen MR) is 105 cm³/mol. The van der Waals surface area contributed by atoms with E-state index in [1.807, 2.05) is 48.5 Å². The fourth-order valence-corrected chi connectivity index (χ4v) is 2.81. The van der Waals surface area contributed by atoms with Gasteiger partial charge in [0.2, 0.25) is 0 Å². The van der Waals surface area contributed by atoms with Crippen LogP contribution in [-0.4, -0.2) is 31.3 Å². The number of benzene rings is 2. The van der Waals surface area contributed by atoms with E-state index in [1.165, 1.54) is 5.56 Å². The molecule has 5 heteroatoms. The Hall–Kier alpha value is -2.69. The second kappa shape index (κ2) is 7.91. The molecule has 1 N–H and O–H groups in total. The zero-order valence-electron chi connectivity index (χ0n) is 16.3. The molecule has 0 saturated carbocycles. The summed E-state index contributed by atoms with van der Waals surface area (Å²) in [6.45, 7) is 8.99. The Balaban J connectivity index is 1.48. The molecule has 0 bridgehead atoms. The summed E-state index contributed by atoms with van der Waals surface area (Å²) in [5, 5.41) is 2.87. The zero-order chi connectivity index (χ0) is 19.4. The summed E-state index contributed by atoms with van der Waals surface area (Å²) in [5.74, 6) is 1.93. The molecule has 2 aromatic carbocycles. The van der Waals surface area contributed by atoms with Crippen LogP contribution in [0.4, 0.5) is 0 Å². The first-order valence-electron chi connectivity index (χ1n) is 9.26. The Morgan fingerprint density at radius 2 is 1.81 bits per heavy atom. The Morgan fingerprint density at radius 3 is 2.48 bits per heavy atom. The van der Waals surface area contributed by atoms with Crippen LogP contribution in [0.25, 0.3) is 0 Å². The van der Waals surface area contributed by atoms with Crippen LogP contribution >= 0.6 is 0 Å². The number of para-hydroxylation sites is 2. The summed E-state index contributed by atoms with van der Waals surface area (Å²) in [4.78, 5) is 12.3. The molecule has 144 valence electrons. The topological polar surface area (TPSA) is 56.8 Å². The highest BCUT2D eigenvalue weighted by molar-refractivity contribution is 5.80. The van der Waals surface area contributed by atoms with Crippen molar-refractivity contribution in [1.29, 1.82) is 0 Å². The third-order valence-electron chi connectivity index (χ3n) is 4.47. The minimum Gasteiger partial charge on any atom is -0.486 e. The van der Waals surface area contributed by atoms with Crippen molar-refractivity contribution in [3.8, 4) is 17.2 Å². The van der Waals surface area contributed by atoms with Crippen molar-refractivity contribution in [2.24, 2.45) is 0 Å². The smallest absolute Gasteiger partial charge is 0.260 e. The van der Waals surface area contributed by atoms with Gasteiger partial charge >= 0.3 is 0 Å². The molecule has 1 aliphatic rings. The highest BCUT2D eigenvalue weighted by Gasteiger charge is 2.23. The minimum absolute atomic E-state index is 0.0855. The fourth-order valence-electron chi connectivity index (χ4n) is 2.81. The molecule has 2 aromatic rings. The normalized spacial score (nSPS) is 17.1. The van der Waals surface area contributed by atoms with Crippen LogP contribution in [0.15, 0.2) is 48.5 Å². The van der Waals surface area contributed by atoms with E-state index in [2.05, 4.69) is 26.1 Å². The van der Waals surface area contributed by atoms with Gasteiger partial charge in [0, 0.05) is 0 Å². The molecule has 3 rings (SSSR count). The summed E-state index contributed by atoms with van der Waals surface area (Å²) < 4.78 is 17.3. The number of carbonyl (C=O) groups excluding carboxylic acids is 1. The molecule has 1 amide bonds. The standard InChI is InChI=1S/C22H27NO4/c1-15(26-17-11-9-16(10-12-17)22(2,3)4)21(24)23-13-18-14-25-19-7-5-6-8-20(19)27-18/h5-12,15,18H,13-14H2,1-4H3,(H,23,24)/t15-,18-/m0/s1. The third-order valence-corrected chi connectivity index (χ3v) is 4.47. The van der Waals surface area contributed by atoms with Crippen molar-refractivity contribution < 1.29 is 19.0 Å². The molecule has 5 nitrogen and oxygen atoms in total. The van der Waals surface area contributed by atoms with Crippen molar-refractivity contribution in [2.45, 2.75) is 45.3 Å². The van der Waals surface area contributed by atoms with Crippen LogP contribution < -0.4 is 19.5 Å². The van der Waals surface area contributed by atoms with E-state index in [1.54, 1.807) is 6.92 Å². The molecule has 0 saturated heterocycles. The summed E-state index contributed by atoms with van der Waals surface area (Å²) in [6, 6.07) is 15.4.